The van der Waals surface area contributed by atoms with Gasteiger partial charge >= 0.3 is 5.97 Å². The molecule has 0 heterocycles. The Morgan fingerprint density at radius 3 is 2.65 bits per heavy atom. The number of hydrogen-bond donors (Lipinski definition) is 1. The topological polar surface area (TPSA) is 96.3 Å². The second kappa shape index (κ2) is 5.31. The van der Waals surface area contributed by atoms with Gasteiger partial charge in [-0.1, -0.05) is 0 Å². The lowest BCUT2D eigenvalue weighted by Crippen LogP contribution is -2.35. The highest BCUT2D eigenvalue weighted by Crippen LogP contribution is 2.36. The number of methoxy groups -OCH3 is 1. The molecule has 0 unspecified atom stereocenters. The molecular weight excluding hydrogens is 395 g/mol. The summed E-state index contributed by atoms with van der Waals surface area (Å²) in [6.07, 6.45) is 0.994. The average molecular weight is 406 g/mol. The molecule has 0 spiro atoms. The molecule has 1 aromatic rings. The number of rotatable bonds is 4. The van der Waals surface area contributed by atoms with Gasteiger partial charge in [0, 0.05) is 3.57 Å². The molecule has 1 aromatic carbocycles. The molecule has 0 amide bonds. The fraction of sp³-hybridized carbons (Fsp3) is 0.333. The number of hydrogen-bond acceptors (Lipinski definition) is 5. The Hall–Kier alpha value is -1.18. The van der Waals surface area contributed by atoms with Crippen LogP contribution in [0, 0.1) is 14.9 Å². The van der Waals surface area contributed by atoms with Crippen LogP contribution in [0.2, 0.25) is 0 Å². The van der Waals surface area contributed by atoms with Gasteiger partial charge in [-0.3, -0.25) is 0 Å². The van der Waals surface area contributed by atoms with E-state index in [0.29, 0.717) is 16.4 Å². The normalized spacial score (nSPS) is 16.2. The maximum absolute atomic E-state index is 12.2. The molecule has 0 aromatic heterocycles. The first-order chi connectivity index (χ1) is 9.33. The molecule has 2 rings (SSSR count). The van der Waals surface area contributed by atoms with Crippen LogP contribution in [-0.2, 0) is 14.8 Å². The van der Waals surface area contributed by atoms with Crippen molar-refractivity contribution in [2.24, 2.45) is 0 Å². The van der Waals surface area contributed by atoms with Crippen molar-refractivity contribution >= 4 is 38.6 Å². The molecule has 8 heteroatoms. The molecule has 106 valence electrons. The fourth-order valence-electron chi connectivity index (χ4n) is 1.62. The number of ether oxygens (including phenoxy) is 1. The third kappa shape index (κ3) is 2.94. The van der Waals surface area contributed by atoms with Gasteiger partial charge in [0.15, 0.2) is 0 Å². The number of sulfonamides is 1. The summed E-state index contributed by atoms with van der Waals surface area (Å²) in [6.45, 7) is 0. The predicted octanol–water partition coefficient (Wildman–Crippen LogP) is 1.41. The smallest absolute Gasteiger partial charge is 0.338 e. The Morgan fingerprint density at radius 1 is 1.50 bits per heavy atom. The first-order valence-electron chi connectivity index (χ1n) is 5.67. The Morgan fingerprint density at radius 2 is 2.15 bits per heavy atom. The molecule has 1 fully saturated rings. The minimum Gasteiger partial charge on any atom is -0.465 e. The van der Waals surface area contributed by atoms with Crippen LogP contribution in [-0.4, -0.2) is 27.0 Å². The summed E-state index contributed by atoms with van der Waals surface area (Å²) in [7, 11) is -2.60. The standard InChI is InChI=1S/C12H11IN2O4S/c1-19-11(16)9-6-8(2-3-10(9)13)20(17,18)15-12(7-14)4-5-12/h2-3,6,15H,4-5H2,1H3. The van der Waals surface area contributed by atoms with Crippen LogP contribution < -0.4 is 4.72 Å². The zero-order valence-electron chi connectivity index (χ0n) is 10.5. The van der Waals surface area contributed by atoms with Gasteiger partial charge in [-0.05, 0) is 53.6 Å². The first-order valence-corrected chi connectivity index (χ1v) is 8.23. The molecule has 0 bridgehead atoms. The summed E-state index contributed by atoms with van der Waals surface area (Å²) < 4.78 is 32.0. The zero-order valence-corrected chi connectivity index (χ0v) is 13.5. The Bertz CT molecular complexity index is 705. The second-order valence-corrected chi connectivity index (χ2v) is 7.28. The van der Waals surface area contributed by atoms with Crippen molar-refractivity contribution < 1.29 is 17.9 Å². The van der Waals surface area contributed by atoms with Crippen molar-refractivity contribution in [2.75, 3.05) is 7.11 Å². The van der Waals surface area contributed by atoms with Crippen LogP contribution in [0.15, 0.2) is 23.1 Å². The Labute approximate surface area is 130 Å². The van der Waals surface area contributed by atoms with Gasteiger partial charge in [0.1, 0.15) is 5.54 Å². The van der Waals surface area contributed by atoms with E-state index in [4.69, 9.17) is 5.26 Å². The van der Waals surface area contributed by atoms with E-state index in [1.54, 1.807) is 0 Å². The summed E-state index contributed by atoms with van der Waals surface area (Å²) in [6, 6.07) is 6.12. The summed E-state index contributed by atoms with van der Waals surface area (Å²) in [5.41, 5.74) is -0.814. The number of nitrogens with one attached hydrogen (secondary N) is 1. The van der Waals surface area contributed by atoms with E-state index in [1.165, 1.54) is 25.3 Å². The molecule has 1 saturated carbocycles. The van der Waals surface area contributed by atoms with Crippen molar-refractivity contribution in [2.45, 2.75) is 23.3 Å². The number of nitrogens with zero attached hydrogens (tertiary/aromatic N) is 1. The van der Waals surface area contributed by atoms with Crippen LogP contribution >= 0.6 is 22.6 Å². The maximum Gasteiger partial charge on any atom is 0.338 e. The Kier molecular flexibility index (Phi) is 4.04. The van der Waals surface area contributed by atoms with Crippen molar-refractivity contribution in [3.05, 3.63) is 27.3 Å². The molecule has 0 radical (unpaired) electrons. The summed E-state index contributed by atoms with van der Waals surface area (Å²) in [5.74, 6) is -0.604. The highest BCUT2D eigenvalue weighted by molar-refractivity contribution is 14.1. The van der Waals surface area contributed by atoms with Crippen molar-refractivity contribution in [1.29, 1.82) is 5.26 Å². The maximum atomic E-state index is 12.2. The number of esters is 1. The molecule has 1 N–H and O–H groups in total. The number of benzene rings is 1. The van der Waals surface area contributed by atoms with Gasteiger partial charge in [-0.25, -0.2) is 13.2 Å². The van der Waals surface area contributed by atoms with Crippen LogP contribution in [0.5, 0.6) is 0 Å². The molecule has 0 aliphatic heterocycles. The lowest BCUT2D eigenvalue weighted by Gasteiger charge is -2.11. The van der Waals surface area contributed by atoms with E-state index in [1.807, 2.05) is 28.7 Å². The predicted molar refractivity (Wildman–Crippen MR) is 78.4 cm³/mol. The molecule has 1 aliphatic rings. The van der Waals surface area contributed by atoms with Gasteiger partial charge in [-0.15, -0.1) is 0 Å². The molecule has 0 saturated heterocycles. The lowest BCUT2D eigenvalue weighted by molar-refractivity contribution is 0.0599. The first kappa shape index (κ1) is 15.2. The zero-order chi connectivity index (χ0) is 15.0. The van der Waals surface area contributed by atoms with Gasteiger partial charge in [0.25, 0.3) is 0 Å². The minimum absolute atomic E-state index is 0.0557. The number of nitriles is 1. The van der Waals surface area contributed by atoms with Crippen LogP contribution in [0.3, 0.4) is 0 Å². The van der Waals surface area contributed by atoms with Crippen LogP contribution in [0.25, 0.3) is 0 Å². The van der Waals surface area contributed by atoms with E-state index >= 15 is 0 Å². The lowest BCUT2D eigenvalue weighted by atomic mass is 10.2. The van der Waals surface area contributed by atoms with Crippen LogP contribution in [0.1, 0.15) is 23.2 Å². The monoisotopic (exact) mass is 406 g/mol. The van der Waals surface area contributed by atoms with Gasteiger partial charge in [-0.2, -0.15) is 9.98 Å². The van der Waals surface area contributed by atoms with Gasteiger partial charge in [0.05, 0.1) is 23.6 Å². The average Bonchev–Trinajstić information content (AvgIpc) is 3.17. The van der Waals surface area contributed by atoms with E-state index in [-0.39, 0.29) is 10.5 Å². The SMILES string of the molecule is COC(=O)c1cc(S(=O)(=O)NC2(C#N)CC2)ccc1I. The largest absolute Gasteiger partial charge is 0.465 e. The van der Waals surface area contributed by atoms with E-state index < -0.39 is 21.5 Å². The quantitative estimate of drug-likeness (QED) is 0.603. The molecule has 20 heavy (non-hydrogen) atoms. The molecule has 1 aliphatic carbocycles. The fourth-order valence-corrected chi connectivity index (χ4v) is 3.57. The molecule has 6 nitrogen and oxygen atoms in total. The van der Waals surface area contributed by atoms with E-state index in [9.17, 15) is 13.2 Å². The van der Waals surface area contributed by atoms with Gasteiger partial charge in [0.2, 0.25) is 10.0 Å². The second-order valence-electron chi connectivity index (χ2n) is 4.43. The highest BCUT2D eigenvalue weighted by Gasteiger charge is 2.46. The summed E-state index contributed by atoms with van der Waals surface area (Å²) >= 11 is 1.92. The van der Waals surface area contributed by atoms with Crippen molar-refractivity contribution in [3.63, 3.8) is 0 Å². The van der Waals surface area contributed by atoms with Gasteiger partial charge < -0.3 is 4.74 Å². The number of carbonyl (C=O) groups is 1. The molecule has 0 atom stereocenters. The minimum atomic E-state index is -3.83. The van der Waals surface area contributed by atoms with Crippen LogP contribution in [0.4, 0.5) is 0 Å². The van der Waals surface area contributed by atoms with E-state index in [2.05, 4.69) is 9.46 Å². The molecular formula is C12H11IN2O4S. The third-order valence-corrected chi connectivity index (χ3v) is 5.42. The Balaban J connectivity index is 2.38. The third-order valence-electron chi connectivity index (χ3n) is 2.95. The summed E-state index contributed by atoms with van der Waals surface area (Å²) in [5, 5.41) is 8.94. The van der Waals surface area contributed by atoms with E-state index in [0.717, 1.165) is 0 Å². The summed E-state index contributed by atoms with van der Waals surface area (Å²) in [4.78, 5) is 11.5. The highest BCUT2D eigenvalue weighted by atomic mass is 127. The number of carbonyl (C=O) groups excluding carboxylic acids is 1. The number of halogens is 1. The van der Waals surface area contributed by atoms with Crippen molar-refractivity contribution in [1.82, 2.24) is 4.72 Å². The van der Waals surface area contributed by atoms with Crippen molar-refractivity contribution in [3.8, 4) is 6.07 Å².